The Labute approximate surface area is 374 Å². The van der Waals surface area contributed by atoms with E-state index in [4.69, 9.17) is 10.5 Å². The van der Waals surface area contributed by atoms with Crippen molar-refractivity contribution in [3.05, 3.63) is 23.8 Å². The summed E-state index contributed by atoms with van der Waals surface area (Å²) in [6.07, 6.45) is -4.52. The molecule has 2 unspecified atom stereocenters. The van der Waals surface area contributed by atoms with Crippen molar-refractivity contribution in [2.24, 2.45) is 17.6 Å². The van der Waals surface area contributed by atoms with Crippen molar-refractivity contribution in [2.45, 2.75) is 99.6 Å². The SMILES string of the molecule is CC[C@H](C)[C@@H]1NC(=O)CNC(=O)C2Cc3c([nH]c4cc(OC)ccc34)[S@](=O)CC(NC(=O)CNC1=O)C(=O)N[C@@H](CC(N)=O)C(=O)N1C[C@H](O)C[C@]1(C=O)N[C@@H]([C@@H](C)[C@@H](O)CO)C(=O)N2. The summed E-state index contributed by atoms with van der Waals surface area (Å²) < 4.78 is 20.0. The van der Waals surface area contributed by atoms with Gasteiger partial charge in [-0.3, -0.25) is 52.7 Å². The number of aliphatic hydroxyl groups is 3. The maximum Gasteiger partial charge on any atom is 0.247 e. The standard InChI is InChI=1S/C40H56N10O14S/c1-5-18(2)32-36(60)43-12-30(56)44-27-16-65(63)38-23(22-7-6-21(64-4)8-24(22)47-38)9-25(34(58)42-13-31(57)48-32)45-37(61)33(19(3)28(54)15-51)49-40(17-52)11-20(53)14-50(40)39(62)26(10-29(41)55)46-35(27)59/h6-8,17-20,25-28,32-33,47,49,51,53-54H,5,9-16H2,1-4H3,(H2,41,55)(H,42,58)(H,43,60)(H,44,56)(H,45,61)(H,46,59)(H,48,57)/t18-,19-,20+,25?,26-,27?,28-,32-,33-,40-,65+/m0/s1. The molecule has 0 radical (unpaired) electrons. The Bertz CT molecular complexity index is 2220. The minimum absolute atomic E-state index is 0.0988. The molecular weight excluding hydrogens is 877 g/mol. The number of nitrogens with zero attached hydrogens (tertiary/aromatic N) is 1. The number of aliphatic hydroxyl groups excluding tert-OH is 3. The highest BCUT2D eigenvalue weighted by molar-refractivity contribution is 7.85. The number of aromatic nitrogens is 1. The number of nitrogens with one attached hydrogen (secondary N) is 8. The van der Waals surface area contributed by atoms with E-state index >= 15 is 0 Å². The molecule has 3 aliphatic heterocycles. The number of methoxy groups -OCH3 is 1. The van der Waals surface area contributed by atoms with Crippen molar-refractivity contribution >= 4 is 75.2 Å². The number of carbonyl (C=O) groups is 9. The molecule has 0 spiro atoms. The normalized spacial score (nSPS) is 29.2. The van der Waals surface area contributed by atoms with Gasteiger partial charge in [0.1, 0.15) is 34.9 Å². The van der Waals surface area contributed by atoms with Gasteiger partial charge in [0.25, 0.3) is 0 Å². The maximum atomic E-state index is 14.7. The second-order valence-corrected chi connectivity index (χ2v) is 17.9. The predicted molar refractivity (Wildman–Crippen MR) is 227 cm³/mol. The molecule has 1 aromatic heterocycles. The van der Waals surface area contributed by atoms with Crippen molar-refractivity contribution in [3.8, 4) is 5.75 Å². The lowest BCUT2D eigenvalue weighted by atomic mass is 9.92. The summed E-state index contributed by atoms with van der Waals surface area (Å²) in [4.78, 5) is 128. The molecule has 13 N–H and O–H groups in total. The minimum atomic E-state index is -2.35. The van der Waals surface area contributed by atoms with Crippen LogP contribution in [0.3, 0.4) is 0 Å². The first-order valence-electron chi connectivity index (χ1n) is 20.9. The van der Waals surface area contributed by atoms with Gasteiger partial charge in [-0.1, -0.05) is 27.2 Å². The molecule has 11 atom stereocenters. The zero-order chi connectivity index (χ0) is 47.9. The number of H-pyrrole nitrogens is 1. The Kier molecular flexibility index (Phi) is 16.4. The molecule has 3 aliphatic rings. The molecule has 0 saturated carbocycles. The van der Waals surface area contributed by atoms with E-state index in [-0.39, 0.29) is 16.9 Å². The molecule has 2 bridgehead atoms. The molecule has 24 nitrogen and oxygen atoms in total. The first kappa shape index (κ1) is 50.0. The van der Waals surface area contributed by atoms with Crippen LogP contribution in [0.4, 0.5) is 0 Å². The summed E-state index contributed by atoms with van der Waals surface area (Å²) in [6, 6.07) is -3.73. The Morgan fingerprint density at radius 2 is 1.65 bits per heavy atom. The first-order chi connectivity index (χ1) is 30.7. The third-order valence-corrected chi connectivity index (χ3v) is 13.3. The Morgan fingerprint density at radius 1 is 0.969 bits per heavy atom. The number of ether oxygens (including phenoxy) is 1. The summed E-state index contributed by atoms with van der Waals surface area (Å²) in [5, 5.41) is 49.6. The van der Waals surface area contributed by atoms with Crippen molar-refractivity contribution in [1.82, 2.24) is 47.1 Å². The fraction of sp³-hybridized carbons (Fsp3) is 0.575. The lowest BCUT2D eigenvalue weighted by Gasteiger charge is -2.41. The van der Waals surface area contributed by atoms with Crippen LogP contribution in [-0.2, 0) is 60.4 Å². The highest BCUT2D eigenvalue weighted by atomic mass is 32.2. The lowest BCUT2D eigenvalue weighted by Crippen LogP contribution is -2.69. The van der Waals surface area contributed by atoms with Crippen LogP contribution in [0.15, 0.2) is 23.2 Å². The third kappa shape index (κ3) is 11.4. The summed E-state index contributed by atoms with van der Waals surface area (Å²) >= 11 is 0. The van der Waals surface area contributed by atoms with Crippen molar-refractivity contribution in [3.63, 3.8) is 0 Å². The third-order valence-electron chi connectivity index (χ3n) is 11.9. The highest BCUT2D eigenvalue weighted by Gasteiger charge is 2.52. The number of hydrogen-bond acceptors (Lipinski definition) is 15. The molecule has 4 heterocycles. The molecule has 1 saturated heterocycles. The fourth-order valence-electron chi connectivity index (χ4n) is 8.00. The first-order valence-corrected chi connectivity index (χ1v) is 22.2. The topological polar surface area (TPSA) is 370 Å². The number of hydrogen-bond donors (Lipinski definition) is 12. The zero-order valence-corrected chi connectivity index (χ0v) is 37.0. The van der Waals surface area contributed by atoms with Crippen molar-refractivity contribution < 1.29 is 67.4 Å². The van der Waals surface area contributed by atoms with E-state index in [0.29, 0.717) is 23.1 Å². The van der Waals surface area contributed by atoms with Crippen LogP contribution in [0, 0.1) is 11.8 Å². The van der Waals surface area contributed by atoms with Gasteiger partial charge in [0.05, 0.1) is 73.5 Å². The zero-order valence-electron chi connectivity index (χ0n) is 36.1. The van der Waals surface area contributed by atoms with Gasteiger partial charge in [-0.2, -0.15) is 0 Å². The number of nitrogens with two attached hydrogens (primary N) is 1. The van der Waals surface area contributed by atoms with E-state index in [1.54, 1.807) is 32.0 Å². The number of primary amides is 1. The van der Waals surface area contributed by atoms with Gasteiger partial charge in [-0.15, -0.1) is 0 Å². The molecular formula is C40H56N10O14S. The number of aldehydes is 1. The van der Waals surface area contributed by atoms with Crippen LogP contribution in [-0.4, -0.2) is 170 Å². The molecule has 25 heteroatoms. The summed E-state index contributed by atoms with van der Waals surface area (Å²) in [5.41, 5.74) is 3.67. The Morgan fingerprint density at radius 3 is 2.28 bits per heavy atom. The van der Waals surface area contributed by atoms with E-state index < -0.39 is 169 Å². The largest absolute Gasteiger partial charge is 0.497 e. The molecule has 1 fully saturated rings. The quantitative estimate of drug-likeness (QED) is 0.104. The van der Waals surface area contributed by atoms with Gasteiger partial charge >= 0.3 is 0 Å². The van der Waals surface area contributed by atoms with Gasteiger partial charge in [-0.05, 0) is 23.6 Å². The molecule has 0 aliphatic carbocycles. The average Bonchev–Trinajstić information content (AvgIpc) is 3.81. The van der Waals surface area contributed by atoms with E-state index in [1.165, 1.54) is 14.0 Å². The van der Waals surface area contributed by atoms with Gasteiger partial charge < -0.3 is 67.6 Å². The van der Waals surface area contributed by atoms with Gasteiger partial charge in [0, 0.05) is 36.8 Å². The lowest BCUT2D eigenvalue weighted by molar-refractivity contribution is -0.147. The second-order valence-electron chi connectivity index (χ2n) is 16.4. The molecule has 5 rings (SSSR count). The number of carbonyl (C=O) groups excluding carboxylic acids is 9. The average molecular weight is 933 g/mol. The van der Waals surface area contributed by atoms with Crippen LogP contribution in [0.2, 0.25) is 0 Å². The van der Waals surface area contributed by atoms with E-state index in [2.05, 4.69) is 42.2 Å². The molecule has 8 amide bonds. The monoisotopic (exact) mass is 932 g/mol. The number of aromatic amines is 1. The number of rotatable bonds is 9. The smallest absolute Gasteiger partial charge is 0.247 e. The number of fused-ring (bicyclic) bond motifs is 5. The summed E-state index contributed by atoms with van der Waals surface area (Å²) in [5.74, 6) is -10.4. The van der Waals surface area contributed by atoms with Crippen molar-refractivity contribution in [2.75, 3.05) is 39.1 Å². The Balaban J connectivity index is 1.78. The molecule has 1 aromatic carbocycles. The van der Waals surface area contributed by atoms with E-state index in [0.717, 1.165) is 4.90 Å². The van der Waals surface area contributed by atoms with Gasteiger partial charge in [0.2, 0.25) is 47.3 Å². The summed E-state index contributed by atoms with van der Waals surface area (Å²) in [7, 11) is -0.945. The minimum Gasteiger partial charge on any atom is -0.497 e. The Hall–Kier alpha value is -6.02. The van der Waals surface area contributed by atoms with Crippen LogP contribution in [0.1, 0.15) is 45.6 Å². The number of amides is 8. The maximum absolute atomic E-state index is 14.7. The van der Waals surface area contributed by atoms with Gasteiger partial charge in [-0.25, -0.2) is 0 Å². The van der Waals surface area contributed by atoms with Crippen LogP contribution >= 0.6 is 0 Å². The van der Waals surface area contributed by atoms with Crippen molar-refractivity contribution in [1.29, 1.82) is 0 Å². The van der Waals surface area contributed by atoms with E-state index in [9.17, 15) is 62.7 Å². The fourth-order valence-corrected chi connectivity index (χ4v) is 9.39. The number of benzene rings is 1. The van der Waals surface area contributed by atoms with Gasteiger partial charge in [0.15, 0.2) is 11.9 Å². The molecule has 2 aromatic rings. The van der Waals surface area contributed by atoms with Crippen LogP contribution in [0.5, 0.6) is 5.75 Å². The predicted octanol–water partition coefficient (Wildman–Crippen LogP) is -5.62. The molecule has 356 valence electrons. The highest BCUT2D eigenvalue weighted by Crippen LogP contribution is 2.32. The molecule has 65 heavy (non-hydrogen) atoms. The van der Waals surface area contributed by atoms with Crippen LogP contribution < -0.4 is 47.7 Å². The summed E-state index contributed by atoms with van der Waals surface area (Å²) in [6.45, 7) is 1.70. The second kappa shape index (κ2) is 21.3. The van der Waals surface area contributed by atoms with E-state index in [1.807, 2.05) is 0 Å². The van der Waals surface area contributed by atoms with Crippen LogP contribution in [0.25, 0.3) is 10.9 Å².